The number of rotatable bonds is 5. The summed E-state index contributed by atoms with van der Waals surface area (Å²) in [6, 6.07) is 13.1. The van der Waals surface area contributed by atoms with Crippen molar-refractivity contribution in [3.8, 4) is 0 Å². The van der Waals surface area contributed by atoms with Crippen LogP contribution in [0.1, 0.15) is 30.0 Å². The average molecular weight is 474 g/mol. The Morgan fingerprint density at radius 3 is 2.91 bits per heavy atom. The lowest BCUT2D eigenvalue weighted by atomic mass is 9.94. The molecule has 2 amide bonds. The molecular formula is C24H25BClN7O. The zero-order valence-electron chi connectivity index (χ0n) is 18.9. The van der Waals surface area contributed by atoms with Crippen molar-refractivity contribution in [3.05, 3.63) is 77.3 Å². The third-order valence-corrected chi connectivity index (χ3v) is 6.44. The second-order valence-corrected chi connectivity index (χ2v) is 8.95. The van der Waals surface area contributed by atoms with Gasteiger partial charge in [0.2, 0.25) is 0 Å². The molecule has 1 saturated heterocycles. The Balaban J connectivity index is 1.37. The van der Waals surface area contributed by atoms with Crippen molar-refractivity contribution in [3.63, 3.8) is 0 Å². The van der Waals surface area contributed by atoms with Gasteiger partial charge in [0.25, 0.3) is 0 Å². The maximum absolute atomic E-state index is 13.0. The van der Waals surface area contributed by atoms with Gasteiger partial charge in [-0.15, -0.1) is 0 Å². The number of para-hydroxylation sites is 1. The summed E-state index contributed by atoms with van der Waals surface area (Å²) in [7, 11) is 2.01. The average Bonchev–Trinajstić information content (AvgIpc) is 3.25. The summed E-state index contributed by atoms with van der Waals surface area (Å²) in [5.74, 6) is 0.999. The van der Waals surface area contributed by atoms with E-state index >= 15 is 0 Å². The monoisotopic (exact) mass is 473 g/mol. The SMILES string of the molecule is Bc1cnn2c(NCc3cccnc3)cc(C3CCCN(C(=O)Nc4ccccc4Cl)C3)nc12. The van der Waals surface area contributed by atoms with E-state index in [0.717, 1.165) is 41.0 Å². The summed E-state index contributed by atoms with van der Waals surface area (Å²) in [4.78, 5) is 23.9. The van der Waals surface area contributed by atoms with Crippen LogP contribution in [0.3, 0.4) is 0 Å². The van der Waals surface area contributed by atoms with Crippen molar-refractivity contribution in [2.75, 3.05) is 23.7 Å². The standard InChI is InChI=1S/C24H25BClN7O/c25-18-14-29-33-22(28-13-16-5-3-9-27-12-16)11-21(30-23(18)33)17-6-4-10-32(15-17)24(34)31-20-8-2-1-7-19(20)26/h1-3,5,7-9,11-12,14,17,28H,4,6,10,13,15,25H2,(H,31,34). The van der Waals surface area contributed by atoms with Crippen LogP contribution < -0.4 is 16.1 Å². The third-order valence-electron chi connectivity index (χ3n) is 6.11. The molecule has 1 fully saturated rings. The number of amides is 2. The van der Waals surface area contributed by atoms with Crippen LogP contribution in [0.25, 0.3) is 5.65 Å². The second-order valence-electron chi connectivity index (χ2n) is 8.54. The number of halogens is 1. The van der Waals surface area contributed by atoms with Gasteiger partial charge < -0.3 is 15.5 Å². The van der Waals surface area contributed by atoms with E-state index in [4.69, 9.17) is 16.6 Å². The summed E-state index contributed by atoms with van der Waals surface area (Å²) < 4.78 is 1.83. The maximum atomic E-state index is 13.0. The first-order valence-electron chi connectivity index (χ1n) is 11.4. The number of urea groups is 1. The number of piperidine rings is 1. The summed E-state index contributed by atoms with van der Waals surface area (Å²) in [6.45, 7) is 1.92. The Hall–Kier alpha value is -3.59. The number of anilines is 2. The fourth-order valence-corrected chi connectivity index (χ4v) is 4.46. The van der Waals surface area contributed by atoms with E-state index in [1.165, 1.54) is 0 Å². The number of fused-ring (bicyclic) bond motifs is 1. The van der Waals surface area contributed by atoms with Crippen molar-refractivity contribution in [2.24, 2.45) is 0 Å². The Labute approximate surface area is 203 Å². The largest absolute Gasteiger partial charge is 0.366 e. The minimum atomic E-state index is -0.144. The molecule has 10 heteroatoms. The van der Waals surface area contributed by atoms with Crippen LogP contribution in [0.4, 0.5) is 16.3 Å². The lowest BCUT2D eigenvalue weighted by molar-refractivity contribution is 0.192. The highest BCUT2D eigenvalue weighted by Crippen LogP contribution is 2.29. The molecule has 8 nitrogen and oxygen atoms in total. The predicted octanol–water partition coefficient (Wildman–Crippen LogP) is 3.06. The highest BCUT2D eigenvalue weighted by atomic mass is 35.5. The molecule has 2 N–H and O–H groups in total. The van der Waals surface area contributed by atoms with E-state index in [0.29, 0.717) is 30.3 Å². The molecule has 4 aromatic rings. The van der Waals surface area contributed by atoms with Gasteiger partial charge in [0.05, 0.1) is 16.4 Å². The van der Waals surface area contributed by atoms with E-state index in [9.17, 15) is 4.79 Å². The van der Waals surface area contributed by atoms with Gasteiger partial charge >= 0.3 is 6.03 Å². The number of aromatic nitrogens is 4. The Morgan fingerprint density at radius 1 is 1.21 bits per heavy atom. The zero-order valence-corrected chi connectivity index (χ0v) is 19.7. The molecular weight excluding hydrogens is 449 g/mol. The van der Waals surface area contributed by atoms with E-state index < -0.39 is 0 Å². The van der Waals surface area contributed by atoms with Gasteiger partial charge in [0.1, 0.15) is 13.7 Å². The summed E-state index contributed by atoms with van der Waals surface area (Å²) in [5.41, 5.74) is 4.49. The predicted molar refractivity (Wildman–Crippen MR) is 137 cm³/mol. The van der Waals surface area contributed by atoms with Gasteiger partial charge in [-0.05, 0) is 42.1 Å². The molecule has 0 bridgehead atoms. The summed E-state index contributed by atoms with van der Waals surface area (Å²) in [5, 5.41) is 11.5. The molecule has 0 aliphatic carbocycles. The molecule has 5 rings (SSSR count). The lowest BCUT2D eigenvalue weighted by Gasteiger charge is -2.32. The molecule has 0 radical (unpaired) electrons. The van der Waals surface area contributed by atoms with Gasteiger partial charge in [-0.1, -0.05) is 29.8 Å². The highest BCUT2D eigenvalue weighted by Gasteiger charge is 2.27. The minimum Gasteiger partial charge on any atom is -0.366 e. The van der Waals surface area contributed by atoms with Crippen LogP contribution in [-0.2, 0) is 6.54 Å². The third kappa shape index (κ3) is 4.70. The number of nitrogens with one attached hydrogen (secondary N) is 2. The molecule has 0 spiro atoms. The molecule has 1 unspecified atom stereocenters. The number of carbonyl (C=O) groups excluding carboxylic acids is 1. The molecule has 172 valence electrons. The number of benzene rings is 1. The van der Waals surface area contributed by atoms with Crippen molar-refractivity contribution >= 4 is 48.1 Å². The topological polar surface area (TPSA) is 87.5 Å². The van der Waals surface area contributed by atoms with Crippen molar-refractivity contribution in [1.29, 1.82) is 0 Å². The van der Waals surface area contributed by atoms with Crippen LogP contribution in [0.2, 0.25) is 5.02 Å². The summed E-state index contributed by atoms with van der Waals surface area (Å²) >= 11 is 6.22. The molecule has 4 heterocycles. The number of nitrogens with zero attached hydrogens (tertiary/aromatic N) is 5. The van der Waals surface area contributed by atoms with E-state index in [2.05, 4.69) is 26.8 Å². The first-order chi connectivity index (χ1) is 16.6. The highest BCUT2D eigenvalue weighted by molar-refractivity contribution is 6.36. The van der Waals surface area contributed by atoms with E-state index in [1.807, 2.05) is 53.9 Å². The van der Waals surface area contributed by atoms with Crippen LogP contribution in [-0.4, -0.2) is 51.4 Å². The van der Waals surface area contributed by atoms with Gasteiger partial charge in [-0.25, -0.2) is 9.78 Å². The second kappa shape index (κ2) is 9.73. The lowest BCUT2D eigenvalue weighted by Crippen LogP contribution is -2.41. The Kier molecular flexibility index (Phi) is 6.36. The van der Waals surface area contributed by atoms with E-state index in [-0.39, 0.29) is 11.9 Å². The van der Waals surface area contributed by atoms with Crippen LogP contribution in [0.15, 0.2) is 61.1 Å². The number of hydrogen-bond donors (Lipinski definition) is 2. The first-order valence-corrected chi connectivity index (χ1v) is 11.7. The van der Waals surface area contributed by atoms with Gasteiger partial charge in [-0.3, -0.25) is 4.98 Å². The molecule has 34 heavy (non-hydrogen) atoms. The van der Waals surface area contributed by atoms with Gasteiger partial charge in [0.15, 0.2) is 5.65 Å². The van der Waals surface area contributed by atoms with E-state index in [1.54, 1.807) is 18.3 Å². The number of carbonyl (C=O) groups is 1. The maximum Gasteiger partial charge on any atom is 0.321 e. The smallest absolute Gasteiger partial charge is 0.321 e. The number of pyridine rings is 1. The fourth-order valence-electron chi connectivity index (χ4n) is 4.28. The Bertz CT molecular complexity index is 1310. The molecule has 0 saturated carbocycles. The molecule has 1 aliphatic rings. The van der Waals surface area contributed by atoms with Crippen LogP contribution in [0.5, 0.6) is 0 Å². The van der Waals surface area contributed by atoms with Crippen LogP contribution >= 0.6 is 11.6 Å². The molecule has 3 aromatic heterocycles. The van der Waals surface area contributed by atoms with Crippen molar-refractivity contribution < 1.29 is 4.79 Å². The molecule has 1 aromatic carbocycles. The van der Waals surface area contributed by atoms with Gasteiger partial charge in [-0.2, -0.15) is 9.61 Å². The molecule has 1 atom stereocenters. The Morgan fingerprint density at radius 2 is 2.09 bits per heavy atom. The first kappa shape index (κ1) is 22.2. The minimum absolute atomic E-state index is 0.129. The van der Waals surface area contributed by atoms with Gasteiger partial charge in [0, 0.05) is 50.2 Å². The number of hydrogen-bond acceptors (Lipinski definition) is 5. The normalized spacial score (nSPS) is 15.9. The summed E-state index contributed by atoms with van der Waals surface area (Å²) in [6.07, 6.45) is 7.31. The van der Waals surface area contributed by atoms with Crippen molar-refractivity contribution in [2.45, 2.75) is 25.3 Å². The van der Waals surface area contributed by atoms with Crippen LogP contribution in [0, 0.1) is 0 Å². The zero-order chi connectivity index (χ0) is 23.5. The number of likely N-dealkylation sites (tertiary alicyclic amines) is 1. The fraction of sp³-hybridized carbons (Fsp3) is 0.250. The quantitative estimate of drug-likeness (QED) is 0.435. The van der Waals surface area contributed by atoms with Crippen molar-refractivity contribution in [1.82, 2.24) is 24.5 Å². The molecule has 1 aliphatic heterocycles.